The van der Waals surface area contributed by atoms with Gasteiger partial charge in [0.05, 0.1) is 7.11 Å². The maximum absolute atomic E-state index is 11.1. The lowest BCUT2D eigenvalue weighted by atomic mass is 10.1. The summed E-state index contributed by atoms with van der Waals surface area (Å²) >= 11 is 6.35. The molecular weight excluding hydrogens is 182 g/mol. The van der Waals surface area contributed by atoms with Crippen LogP contribution in [0.1, 0.15) is 6.92 Å². The van der Waals surface area contributed by atoms with Crippen molar-refractivity contribution >= 4 is 34.3 Å². The van der Waals surface area contributed by atoms with E-state index in [1.54, 1.807) is 6.92 Å². The van der Waals surface area contributed by atoms with Crippen LogP contribution >= 0.6 is 24.0 Å². The first-order valence-electron chi connectivity index (χ1n) is 3.12. The Morgan fingerprint density at radius 3 is 2.91 bits per heavy atom. The van der Waals surface area contributed by atoms with Crippen LogP contribution in [-0.2, 0) is 9.53 Å². The van der Waals surface area contributed by atoms with Crippen molar-refractivity contribution in [3.8, 4) is 0 Å². The van der Waals surface area contributed by atoms with Gasteiger partial charge in [-0.2, -0.15) is 0 Å². The molecule has 62 valence electrons. The van der Waals surface area contributed by atoms with Crippen LogP contribution in [0.15, 0.2) is 0 Å². The lowest BCUT2D eigenvalue weighted by Gasteiger charge is -2.19. The molecule has 0 aromatic heterocycles. The van der Waals surface area contributed by atoms with E-state index in [1.807, 2.05) is 0 Å². The van der Waals surface area contributed by atoms with Crippen molar-refractivity contribution in [3.63, 3.8) is 0 Å². The van der Waals surface area contributed by atoms with E-state index in [9.17, 15) is 4.79 Å². The molecule has 1 saturated heterocycles. The van der Waals surface area contributed by atoms with Crippen LogP contribution in [-0.4, -0.2) is 28.7 Å². The van der Waals surface area contributed by atoms with Crippen molar-refractivity contribution in [1.29, 1.82) is 0 Å². The number of thioether (sulfide) groups is 1. The van der Waals surface area contributed by atoms with Gasteiger partial charge in [-0.3, -0.25) is 0 Å². The third-order valence-corrected chi connectivity index (χ3v) is 3.05. The molecule has 1 fully saturated rings. The normalized spacial score (nSPS) is 29.8. The van der Waals surface area contributed by atoms with Gasteiger partial charge in [0.2, 0.25) is 0 Å². The van der Waals surface area contributed by atoms with Crippen LogP contribution in [0.4, 0.5) is 0 Å². The molecule has 11 heavy (non-hydrogen) atoms. The third-order valence-electron chi connectivity index (χ3n) is 1.51. The van der Waals surface area contributed by atoms with Crippen LogP contribution in [0.3, 0.4) is 0 Å². The predicted octanol–water partition coefficient (Wildman–Crippen LogP) is 0.539. The van der Waals surface area contributed by atoms with Gasteiger partial charge in [0, 0.05) is 5.75 Å². The van der Waals surface area contributed by atoms with E-state index in [2.05, 4.69) is 10.1 Å². The summed E-state index contributed by atoms with van der Waals surface area (Å²) in [6.45, 7) is 1.78. The van der Waals surface area contributed by atoms with Crippen molar-refractivity contribution in [2.24, 2.45) is 0 Å². The number of hydrogen-bond donors (Lipinski definition) is 1. The Bertz CT molecular complexity index is 207. The van der Waals surface area contributed by atoms with Crippen LogP contribution in [0.5, 0.6) is 0 Å². The van der Waals surface area contributed by atoms with Gasteiger partial charge in [-0.05, 0) is 6.92 Å². The number of esters is 1. The van der Waals surface area contributed by atoms with Crippen molar-refractivity contribution < 1.29 is 9.53 Å². The topological polar surface area (TPSA) is 38.3 Å². The molecule has 5 heteroatoms. The number of methoxy groups -OCH3 is 1. The lowest BCUT2D eigenvalue weighted by Crippen LogP contribution is -2.48. The Morgan fingerprint density at radius 1 is 1.91 bits per heavy atom. The van der Waals surface area contributed by atoms with Gasteiger partial charge in [-0.25, -0.2) is 4.79 Å². The van der Waals surface area contributed by atoms with Gasteiger partial charge < -0.3 is 10.1 Å². The van der Waals surface area contributed by atoms with Crippen LogP contribution in [0, 0.1) is 0 Å². The molecule has 1 aliphatic heterocycles. The maximum atomic E-state index is 11.1. The van der Waals surface area contributed by atoms with E-state index in [1.165, 1.54) is 18.9 Å². The zero-order chi connectivity index (χ0) is 8.48. The fraction of sp³-hybridized carbons (Fsp3) is 0.667. The first kappa shape index (κ1) is 8.80. The quantitative estimate of drug-likeness (QED) is 0.484. The summed E-state index contributed by atoms with van der Waals surface area (Å²) in [5, 5.41) is 2.90. The molecular formula is C6H9NO2S2. The number of carbonyl (C=O) groups excluding carboxylic acids is 1. The Labute approximate surface area is 74.9 Å². The van der Waals surface area contributed by atoms with Gasteiger partial charge in [0.15, 0.2) is 0 Å². The van der Waals surface area contributed by atoms with Gasteiger partial charge in [-0.1, -0.05) is 24.0 Å². The average Bonchev–Trinajstić information content (AvgIpc) is 2.31. The Balaban J connectivity index is 2.69. The fourth-order valence-electron chi connectivity index (χ4n) is 0.843. The molecule has 0 bridgehead atoms. The van der Waals surface area contributed by atoms with Crippen molar-refractivity contribution in [2.45, 2.75) is 12.5 Å². The van der Waals surface area contributed by atoms with Gasteiger partial charge in [0.1, 0.15) is 9.86 Å². The Morgan fingerprint density at radius 2 is 2.55 bits per heavy atom. The zero-order valence-corrected chi connectivity index (χ0v) is 7.97. The van der Waals surface area contributed by atoms with E-state index < -0.39 is 5.54 Å². The SMILES string of the molecule is COC(=O)C1(C)CSC(=S)N1. The molecule has 1 unspecified atom stereocenters. The number of thiocarbonyl (C=S) groups is 1. The van der Waals surface area contributed by atoms with E-state index in [0.717, 1.165) is 0 Å². The summed E-state index contributed by atoms with van der Waals surface area (Å²) in [5.41, 5.74) is -0.615. The third kappa shape index (κ3) is 1.65. The zero-order valence-electron chi connectivity index (χ0n) is 6.34. The molecule has 0 aromatic carbocycles. The molecule has 0 aromatic rings. The average molecular weight is 191 g/mol. The standard InChI is InChI=1S/C6H9NO2S2/c1-6(4(8)9-2)3-11-5(10)7-6/h3H2,1-2H3,(H,7,10). The molecule has 0 amide bonds. The highest BCUT2D eigenvalue weighted by Gasteiger charge is 2.40. The van der Waals surface area contributed by atoms with Gasteiger partial charge in [-0.15, -0.1) is 0 Å². The molecule has 3 nitrogen and oxygen atoms in total. The van der Waals surface area contributed by atoms with Crippen molar-refractivity contribution in [1.82, 2.24) is 5.32 Å². The largest absolute Gasteiger partial charge is 0.467 e. The number of ether oxygens (including phenoxy) is 1. The van der Waals surface area contributed by atoms with Gasteiger partial charge >= 0.3 is 5.97 Å². The minimum Gasteiger partial charge on any atom is -0.467 e. The summed E-state index contributed by atoms with van der Waals surface area (Å²) in [6.07, 6.45) is 0. The lowest BCUT2D eigenvalue weighted by molar-refractivity contribution is -0.146. The number of rotatable bonds is 1. The minimum atomic E-state index is -0.615. The highest BCUT2D eigenvalue weighted by molar-refractivity contribution is 8.23. The van der Waals surface area contributed by atoms with E-state index in [-0.39, 0.29) is 5.97 Å². The number of carbonyl (C=O) groups is 1. The minimum absolute atomic E-state index is 0.259. The van der Waals surface area contributed by atoms with Crippen LogP contribution in [0.25, 0.3) is 0 Å². The fourth-order valence-corrected chi connectivity index (χ4v) is 2.15. The molecule has 1 N–H and O–H groups in total. The molecule has 0 saturated carbocycles. The van der Waals surface area contributed by atoms with E-state index in [4.69, 9.17) is 12.2 Å². The van der Waals surface area contributed by atoms with Gasteiger partial charge in [0.25, 0.3) is 0 Å². The molecule has 1 rings (SSSR count). The predicted molar refractivity (Wildman–Crippen MR) is 48.6 cm³/mol. The van der Waals surface area contributed by atoms with Crippen LogP contribution < -0.4 is 5.32 Å². The summed E-state index contributed by atoms with van der Waals surface area (Å²) in [4.78, 5) is 11.1. The maximum Gasteiger partial charge on any atom is 0.332 e. The monoisotopic (exact) mass is 191 g/mol. The number of nitrogens with one attached hydrogen (secondary N) is 1. The highest BCUT2D eigenvalue weighted by atomic mass is 32.2. The first-order chi connectivity index (χ1) is 5.08. The highest BCUT2D eigenvalue weighted by Crippen LogP contribution is 2.23. The molecule has 1 aliphatic rings. The van der Waals surface area contributed by atoms with Crippen molar-refractivity contribution in [2.75, 3.05) is 12.9 Å². The smallest absolute Gasteiger partial charge is 0.332 e. The summed E-state index contributed by atoms with van der Waals surface area (Å²) in [5.74, 6) is 0.392. The molecule has 0 aliphatic carbocycles. The number of hydrogen-bond acceptors (Lipinski definition) is 4. The molecule has 1 atom stereocenters. The molecule has 0 radical (unpaired) electrons. The van der Waals surface area contributed by atoms with Crippen LogP contribution in [0.2, 0.25) is 0 Å². The first-order valence-corrected chi connectivity index (χ1v) is 4.51. The summed E-state index contributed by atoms with van der Waals surface area (Å²) in [7, 11) is 1.38. The molecule has 1 heterocycles. The second-order valence-corrected chi connectivity index (χ2v) is 4.18. The van der Waals surface area contributed by atoms with Crippen molar-refractivity contribution in [3.05, 3.63) is 0 Å². The second-order valence-electron chi connectivity index (χ2n) is 2.52. The Kier molecular flexibility index (Phi) is 2.39. The van der Waals surface area contributed by atoms with E-state index in [0.29, 0.717) is 10.1 Å². The van der Waals surface area contributed by atoms with E-state index >= 15 is 0 Å². The summed E-state index contributed by atoms with van der Waals surface area (Å²) < 4.78 is 5.28. The second kappa shape index (κ2) is 2.98. The Hall–Kier alpha value is -0.290. The molecule has 0 spiro atoms. The summed E-state index contributed by atoms with van der Waals surface area (Å²) in [6, 6.07) is 0.